The molecule has 0 atom stereocenters. The summed E-state index contributed by atoms with van der Waals surface area (Å²) < 4.78 is 0. The van der Waals surface area contributed by atoms with Gasteiger partial charge in [-0.2, -0.15) is 0 Å². The van der Waals surface area contributed by atoms with Crippen molar-refractivity contribution in [3.63, 3.8) is 0 Å². The summed E-state index contributed by atoms with van der Waals surface area (Å²) in [7, 11) is 0. The predicted molar refractivity (Wildman–Crippen MR) is 106 cm³/mol. The number of nitrogens with two attached hydrogens (primary N) is 2. The largest absolute Gasteiger partial charge is 0.478 e. The van der Waals surface area contributed by atoms with E-state index in [1.807, 2.05) is 6.92 Å². The number of anilines is 1. The number of aliphatic carboxylic acids is 2. The lowest BCUT2D eigenvalue weighted by atomic mass is 10.3. The summed E-state index contributed by atoms with van der Waals surface area (Å²) in [6.07, 6.45) is 4.79. The van der Waals surface area contributed by atoms with Crippen LogP contribution in [-0.4, -0.2) is 56.3 Å². The maximum Gasteiger partial charge on any atom is 0.328 e. The third kappa shape index (κ3) is 15.1. The summed E-state index contributed by atoms with van der Waals surface area (Å²) in [4.78, 5) is 42.3. The molecule has 1 aromatic rings. The molecule has 12 heteroatoms. The van der Waals surface area contributed by atoms with Crippen LogP contribution in [0.3, 0.4) is 0 Å². The molecule has 0 aliphatic carbocycles. The number of hydrogen-bond acceptors (Lipinski definition) is 7. The lowest BCUT2D eigenvalue weighted by Gasteiger charge is -2.05. The number of carbonyl (C=O) groups excluding carboxylic acids is 1. The third-order valence-electron chi connectivity index (χ3n) is 2.56. The van der Waals surface area contributed by atoms with Crippen LogP contribution in [0.1, 0.15) is 26.2 Å². The average molecular weight is 412 g/mol. The minimum absolute atomic E-state index is 0.290. The van der Waals surface area contributed by atoms with Crippen LogP contribution in [0.15, 0.2) is 34.6 Å². The molecule has 0 aliphatic rings. The number of hydrogen-bond donors (Lipinski definition) is 5. The number of thioether (sulfide) groups is 1. The van der Waals surface area contributed by atoms with Crippen LogP contribution in [0.4, 0.5) is 5.82 Å². The lowest BCUT2D eigenvalue weighted by molar-refractivity contribution is -0.134. The van der Waals surface area contributed by atoms with E-state index in [9.17, 15) is 14.4 Å². The molecule has 1 rings (SSSR count). The first-order chi connectivity index (χ1) is 13.2. The normalized spacial score (nSPS) is 10.8. The van der Waals surface area contributed by atoms with Gasteiger partial charge in [-0.1, -0.05) is 18.7 Å². The number of carboxylic acids is 2. The Bertz CT molecular complexity index is 695. The van der Waals surface area contributed by atoms with E-state index in [1.54, 1.807) is 12.3 Å². The molecule has 154 valence electrons. The van der Waals surface area contributed by atoms with Crippen LogP contribution in [0.25, 0.3) is 0 Å². The third-order valence-corrected chi connectivity index (χ3v) is 3.51. The molecule has 28 heavy (non-hydrogen) atoms. The van der Waals surface area contributed by atoms with E-state index in [4.69, 9.17) is 21.7 Å². The number of amides is 1. The number of nitrogens with zero attached hydrogens (tertiary/aromatic N) is 3. The van der Waals surface area contributed by atoms with Gasteiger partial charge in [-0.3, -0.25) is 9.79 Å². The molecule has 0 bridgehead atoms. The number of aromatic nitrogens is 2. The Hall–Kier alpha value is -3.15. The zero-order valence-corrected chi connectivity index (χ0v) is 16.2. The molecular formula is C16H24N6O5S. The number of primary amides is 1. The number of carbonyl (C=O) groups is 3. The topological polar surface area (TPSA) is 194 Å². The van der Waals surface area contributed by atoms with Crippen molar-refractivity contribution in [2.24, 2.45) is 16.5 Å². The van der Waals surface area contributed by atoms with Crippen LogP contribution < -0.4 is 16.8 Å². The average Bonchev–Trinajstić information content (AvgIpc) is 2.62. The highest BCUT2D eigenvalue weighted by Gasteiger charge is 2.02. The van der Waals surface area contributed by atoms with Gasteiger partial charge in [0.25, 0.3) is 0 Å². The lowest BCUT2D eigenvalue weighted by Crippen LogP contribution is -2.23. The van der Waals surface area contributed by atoms with Crippen molar-refractivity contribution in [3.05, 3.63) is 24.4 Å². The summed E-state index contributed by atoms with van der Waals surface area (Å²) in [6.45, 7) is 2.71. The van der Waals surface area contributed by atoms with Gasteiger partial charge in [-0.25, -0.2) is 19.6 Å². The Kier molecular flexibility index (Phi) is 13.3. The summed E-state index contributed by atoms with van der Waals surface area (Å²) in [5.41, 5.74) is 10.8. The molecule has 7 N–H and O–H groups in total. The van der Waals surface area contributed by atoms with Crippen molar-refractivity contribution in [3.8, 4) is 0 Å². The van der Waals surface area contributed by atoms with E-state index >= 15 is 0 Å². The van der Waals surface area contributed by atoms with Gasteiger partial charge in [0.05, 0.1) is 0 Å². The molecule has 0 spiro atoms. The quantitative estimate of drug-likeness (QED) is 0.0910. The fourth-order valence-electron chi connectivity index (χ4n) is 1.44. The summed E-state index contributed by atoms with van der Waals surface area (Å²) in [6, 6.07) is 1.72. The molecule has 1 amide bonds. The van der Waals surface area contributed by atoms with E-state index in [0.29, 0.717) is 48.5 Å². The minimum atomic E-state index is -1.26. The van der Waals surface area contributed by atoms with Crippen molar-refractivity contribution in [1.82, 2.24) is 9.97 Å². The van der Waals surface area contributed by atoms with E-state index in [-0.39, 0.29) is 5.91 Å². The second kappa shape index (κ2) is 15.0. The number of nitrogens with one attached hydrogen (secondary N) is 1. The highest BCUT2D eigenvalue weighted by atomic mass is 32.2. The van der Waals surface area contributed by atoms with Crippen LogP contribution >= 0.6 is 11.8 Å². The first-order valence-corrected chi connectivity index (χ1v) is 9.18. The van der Waals surface area contributed by atoms with Crippen molar-refractivity contribution >= 4 is 41.4 Å². The molecule has 0 radical (unpaired) electrons. The van der Waals surface area contributed by atoms with Crippen molar-refractivity contribution in [2.75, 3.05) is 17.6 Å². The molecule has 1 aromatic heterocycles. The first-order valence-electron chi connectivity index (χ1n) is 8.19. The van der Waals surface area contributed by atoms with Gasteiger partial charge in [0.2, 0.25) is 5.91 Å². The van der Waals surface area contributed by atoms with E-state index < -0.39 is 11.9 Å². The Labute approximate surface area is 166 Å². The number of carboxylic acid groups (broad SMARTS) is 2. The minimum Gasteiger partial charge on any atom is -0.478 e. The van der Waals surface area contributed by atoms with E-state index in [2.05, 4.69) is 20.3 Å². The standard InChI is InChI=1S/C12H20N6OS.C4H4O4/c1-2-6-15-11(14)17-10-5-7-16-12(18-10)20-8-3-4-9(13)19;5-3(6)1-2-4(7)8/h5,7H,2-4,6,8H2,1H3,(H2,13,19)(H3,14,15,16,17,18);1-2H,(H,5,6)(H,7,8). The fourth-order valence-corrected chi connectivity index (χ4v) is 2.20. The van der Waals surface area contributed by atoms with Crippen molar-refractivity contribution < 1.29 is 24.6 Å². The predicted octanol–water partition coefficient (Wildman–Crippen LogP) is 0.683. The molecule has 1 heterocycles. The number of guanidine groups is 1. The first kappa shape index (κ1) is 24.8. The Morgan fingerprint density at radius 3 is 2.43 bits per heavy atom. The second-order valence-electron chi connectivity index (χ2n) is 5.04. The molecular weight excluding hydrogens is 388 g/mol. The van der Waals surface area contributed by atoms with Crippen LogP contribution in [0.2, 0.25) is 0 Å². The summed E-state index contributed by atoms with van der Waals surface area (Å²) >= 11 is 1.47. The molecule has 0 aromatic carbocycles. The summed E-state index contributed by atoms with van der Waals surface area (Å²) in [5, 5.41) is 19.2. The monoisotopic (exact) mass is 412 g/mol. The molecule has 0 aliphatic heterocycles. The highest BCUT2D eigenvalue weighted by molar-refractivity contribution is 7.99. The van der Waals surface area contributed by atoms with Crippen LogP contribution in [-0.2, 0) is 14.4 Å². The molecule has 0 unspecified atom stereocenters. The summed E-state index contributed by atoms with van der Waals surface area (Å²) in [5.74, 6) is -1.11. The van der Waals surface area contributed by atoms with E-state index in [0.717, 1.165) is 12.2 Å². The Balaban J connectivity index is 0.000000769. The van der Waals surface area contributed by atoms with E-state index in [1.165, 1.54) is 11.8 Å². The van der Waals surface area contributed by atoms with Gasteiger partial charge in [0, 0.05) is 37.1 Å². The highest BCUT2D eigenvalue weighted by Crippen LogP contribution is 2.15. The van der Waals surface area contributed by atoms with Gasteiger partial charge in [0.1, 0.15) is 5.82 Å². The smallest absolute Gasteiger partial charge is 0.328 e. The molecule has 0 saturated heterocycles. The maximum absolute atomic E-state index is 10.6. The number of aliphatic imine (C=N–C) groups is 1. The van der Waals surface area contributed by atoms with Crippen LogP contribution in [0.5, 0.6) is 0 Å². The fraction of sp³-hybridized carbons (Fsp3) is 0.375. The van der Waals surface area contributed by atoms with Gasteiger partial charge >= 0.3 is 11.9 Å². The zero-order chi connectivity index (χ0) is 21.4. The van der Waals surface area contributed by atoms with Gasteiger partial charge in [-0.05, 0) is 18.9 Å². The molecule has 0 fully saturated rings. The molecule has 11 nitrogen and oxygen atoms in total. The second-order valence-corrected chi connectivity index (χ2v) is 6.11. The SMILES string of the molecule is CCCN=C(N)Nc1ccnc(SCCCC(N)=O)n1.O=C(O)C=CC(=O)O. The van der Waals surface area contributed by atoms with Gasteiger partial charge in [-0.15, -0.1) is 0 Å². The zero-order valence-electron chi connectivity index (χ0n) is 15.4. The van der Waals surface area contributed by atoms with Gasteiger partial charge < -0.3 is 27.0 Å². The van der Waals surface area contributed by atoms with Crippen molar-refractivity contribution in [1.29, 1.82) is 0 Å². The van der Waals surface area contributed by atoms with Crippen LogP contribution in [0, 0.1) is 0 Å². The Morgan fingerprint density at radius 1 is 1.25 bits per heavy atom. The number of rotatable bonds is 10. The maximum atomic E-state index is 10.6. The molecule has 0 saturated carbocycles. The van der Waals surface area contributed by atoms with Gasteiger partial charge in [0.15, 0.2) is 11.1 Å². The van der Waals surface area contributed by atoms with Crippen molar-refractivity contribution in [2.45, 2.75) is 31.3 Å². The Morgan fingerprint density at radius 2 is 1.89 bits per heavy atom.